The summed E-state index contributed by atoms with van der Waals surface area (Å²) in [4.78, 5) is 1.57. The van der Waals surface area contributed by atoms with E-state index in [-0.39, 0.29) is 4.83 Å². The van der Waals surface area contributed by atoms with Gasteiger partial charge in [0.2, 0.25) is 0 Å². The third-order valence-electron chi connectivity index (χ3n) is 2.20. The zero-order valence-corrected chi connectivity index (χ0v) is 14.1. The molecule has 1 aromatic heterocycles. The summed E-state index contributed by atoms with van der Waals surface area (Å²) in [5, 5.41) is 0. The number of halogens is 3. The van der Waals surface area contributed by atoms with Gasteiger partial charge in [0.05, 0.1) is 8.61 Å². The van der Waals surface area contributed by atoms with Crippen LogP contribution >= 0.6 is 59.1 Å². The third-order valence-corrected chi connectivity index (χ3v) is 5.67. The molecular weight excluding hydrogens is 416 g/mol. The van der Waals surface area contributed by atoms with E-state index in [1.165, 1.54) is 19.8 Å². The van der Waals surface area contributed by atoms with Crippen molar-refractivity contribution in [3.05, 3.63) is 54.6 Å². The van der Waals surface area contributed by atoms with Gasteiger partial charge in [-0.25, -0.2) is 0 Å². The van der Waals surface area contributed by atoms with Gasteiger partial charge in [0.25, 0.3) is 0 Å². The van der Waals surface area contributed by atoms with E-state index in [9.17, 15) is 0 Å². The molecule has 0 saturated heterocycles. The largest absolute Gasteiger partial charge is 0.132 e. The van der Waals surface area contributed by atoms with E-state index in [0.717, 1.165) is 4.47 Å². The fraction of sp³-hybridized carbons (Fsp3) is 0.167. The second-order valence-corrected chi connectivity index (χ2v) is 7.89. The predicted octanol–water partition coefficient (Wildman–Crippen LogP) is 6.07. The van der Waals surface area contributed by atoms with Crippen LogP contribution in [0.25, 0.3) is 0 Å². The first-order valence-corrected chi connectivity index (χ1v) is 8.04. The summed E-state index contributed by atoms with van der Waals surface area (Å²) in [6, 6.07) is 10.7. The highest BCUT2D eigenvalue weighted by molar-refractivity contribution is 9.11. The average Bonchev–Trinajstić information content (AvgIpc) is 2.62. The maximum absolute atomic E-state index is 3.74. The zero-order chi connectivity index (χ0) is 11.7. The number of hydrogen-bond donors (Lipinski definition) is 0. The molecule has 2 aromatic rings. The van der Waals surface area contributed by atoms with Gasteiger partial charge in [0, 0.05) is 9.35 Å². The monoisotopic (exact) mass is 422 g/mol. The minimum Gasteiger partial charge on any atom is -0.132 e. The number of hydrogen-bond acceptors (Lipinski definition) is 1. The molecule has 0 saturated carbocycles. The number of alkyl halides is 1. The fourth-order valence-electron chi connectivity index (χ4n) is 1.54. The van der Waals surface area contributed by atoms with E-state index < -0.39 is 0 Å². The molecule has 0 radical (unpaired) electrons. The molecule has 0 aliphatic heterocycles. The summed E-state index contributed by atoms with van der Waals surface area (Å²) in [5.74, 6) is 0. The lowest BCUT2D eigenvalue weighted by Gasteiger charge is -2.09. The summed E-state index contributed by atoms with van der Waals surface area (Å²) in [7, 11) is 0. The van der Waals surface area contributed by atoms with Gasteiger partial charge in [0.1, 0.15) is 0 Å². The Kier molecular flexibility index (Phi) is 4.27. The first-order chi connectivity index (χ1) is 7.56. The van der Waals surface area contributed by atoms with Crippen LogP contribution in [0.3, 0.4) is 0 Å². The van der Waals surface area contributed by atoms with Crippen molar-refractivity contribution in [3.8, 4) is 0 Å². The van der Waals surface area contributed by atoms with Crippen molar-refractivity contribution >= 4 is 59.1 Å². The lowest BCUT2D eigenvalue weighted by molar-refractivity contribution is 1.20. The van der Waals surface area contributed by atoms with Crippen LogP contribution in [0.15, 0.2) is 38.6 Å². The van der Waals surface area contributed by atoms with Crippen LogP contribution < -0.4 is 0 Å². The van der Waals surface area contributed by atoms with E-state index in [1.807, 2.05) is 0 Å². The maximum Gasteiger partial charge on any atom is 0.0738 e. The second kappa shape index (κ2) is 5.34. The van der Waals surface area contributed by atoms with Gasteiger partial charge in [-0.2, -0.15) is 0 Å². The maximum atomic E-state index is 3.74. The minimum atomic E-state index is 0.264. The standard InChI is InChI=1S/C12H9Br3S/c1-7-4-8(6-9(13)5-7)12(15)10-2-3-11(14)16-10/h2-6,12H,1H3. The van der Waals surface area contributed by atoms with Crippen molar-refractivity contribution in [2.45, 2.75) is 11.8 Å². The van der Waals surface area contributed by atoms with Crippen LogP contribution in [-0.2, 0) is 0 Å². The van der Waals surface area contributed by atoms with Gasteiger partial charge < -0.3 is 0 Å². The van der Waals surface area contributed by atoms with Crippen LogP contribution in [-0.4, -0.2) is 0 Å². The Balaban J connectivity index is 2.37. The Morgan fingerprint density at radius 3 is 2.44 bits per heavy atom. The lowest BCUT2D eigenvalue weighted by atomic mass is 10.1. The number of aryl methyl sites for hydroxylation is 1. The van der Waals surface area contributed by atoms with Crippen LogP contribution in [0.5, 0.6) is 0 Å². The van der Waals surface area contributed by atoms with Gasteiger partial charge in [0.15, 0.2) is 0 Å². The molecule has 16 heavy (non-hydrogen) atoms. The quantitative estimate of drug-likeness (QED) is 0.513. The van der Waals surface area contributed by atoms with Crippen molar-refractivity contribution in [2.24, 2.45) is 0 Å². The Labute approximate surface area is 124 Å². The van der Waals surface area contributed by atoms with Crippen LogP contribution in [0.4, 0.5) is 0 Å². The Bertz CT molecular complexity index is 484. The fourth-order valence-corrected chi connectivity index (χ4v) is 4.29. The highest BCUT2D eigenvalue weighted by atomic mass is 79.9. The average molecular weight is 425 g/mol. The topological polar surface area (TPSA) is 0 Å². The number of benzene rings is 1. The molecule has 0 amide bonds. The molecule has 0 aliphatic carbocycles. The van der Waals surface area contributed by atoms with Gasteiger partial charge in [-0.1, -0.05) is 37.9 Å². The van der Waals surface area contributed by atoms with Gasteiger partial charge in [-0.15, -0.1) is 11.3 Å². The van der Waals surface area contributed by atoms with Gasteiger partial charge >= 0.3 is 0 Å². The van der Waals surface area contributed by atoms with Crippen LogP contribution in [0.2, 0.25) is 0 Å². The lowest BCUT2D eigenvalue weighted by Crippen LogP contribution is -1.90. The number of rotatable bonds is 2. The summed E-state index contributed by atoms with van der Waals surface area (Å²) in [5.41, 5.74) is 2.55. The molecule has 1 heterocycles. The smallest absolute Gasteiger partial charge is 0.0738 e. The zero-order valence-electron chi connectivity index (χ0n) is 8.51. The van der Waals surface area contributed by atoms with E-state index in [0.29, 0.717) is 0 Å². The van der Waals surface area contributed by atoms with Crippen molar-refractivity contribution < 1.29 is 0 Å². The molecule has 84 valence electrons. The molecule has 0 N–H and O–H groups in total. The van der Waals surface area contributed by atoms with Crippen LogP contribution in [0, 0.1) is 6.92 Å². The van der Waals surface area contributed by atoms with E-state index in [2.05, 4.69) is 85.0 Å². The van der Waals surface area contributed by atoms with E-state index in [1.54, 1.807) is 11.3 Å². The van der Waals surface area contributed by atoms with Crippen molar-refractivity contribution in [3.63, 3.8) is 0 Å². The van der Waals surface area contributed by atoms with Gasteiger partial charge in [-0.3, -0.25) is 0 Å². The van der Waals surface area contributed by atoms with Crippen molar-refractivity contribution in [1.29, 1.82) is 0 Å². The summed E-state index contributed by atoms with van der Waals surface area (Å²) in [6.45, 7) is 2.11. The Morgan fingerprint density at radius 1 is 1.12 bits per heavy atom. The highest BCUT2D eigenvalue weighted by Crippen LogP contribution is 2.38. The molecule has 0 nitrogen and oxygen atoms in total. The molecule has 4 heteroatoms. The first kappa shape index (κ1) is 12.8. The second-order valence-electron chi connectivity index (χ2n) is 3.57. The molecule has 1 atom stereocenters. The third kappa shape index (κ3) is 2.97. The number of thiophene rings is 1. The molecule has 0 bridgehead atoms. The Morgan fingerprint density at radius 2 is 1.88 bits per heavy atom. The molecule has 1 unspecified atom stereocenters. The van der Waals surface area contributed by atoms with E-state index in [4.69, 9.17) is 0 Å². The molecule has 1 aromatic carbocycles. The molecule has 2 rings (SSSR count). The minimum absolute atomic E-state index is 0.264. The predicted molar refractivity (Wildman–Crippen MR) is 81.7 cm³/mol. The normalized spacial score (nSPS) is 12.8. The molecule has 0 aliphatic rings. The SMILES string of the molecule is Cc1cc(Br)cc(C(Br)c2ccc(Br)s2)c1. The Hall–Kier alpha value is 0.360. The summed E-state index contributed by atoms with van der Waals surface area (Å²) in [6.07, 6.45) is 0. The van der Waals surface area contributed by atoms with Crippen molar-refractivity contribution in [1.82, 2.24) is 0 Å². The summed E-state index contributed by atoms with van der Waals surface area (Å²) >= 11 is 12.5. The molecular formula is C12H9Br3S. The van der Waals surface area contributed by atoms with Crippen molar-refractivity contribution in [2.75, 3.05) is 0 Å². The van der Waals surface area contributed by atoms with Gasteiger partial charge in [-0.05, 0) is 58.2 Å². The molecule has 0 fully saturated rings. The molecule has 0 spiro atoms. The van der Waals surface area contributed by atoms with E-state index >= 15 is 0 Å². The highest BCUT2D eigenvalue weighted by Gasteiger charge is 2.13. The first-order valence-electron chi connectivity index (χ1n) is 4.72. The summed E-state index contributed by atoms with van der Waals surface area (Å²) < 4.78 is 2.29. The van der Waals surface area contributed by atoms with Crippen LogP contribution in [0.1, 0.15) is 20.8 Å².